The molecule has 1 aromatic carbocycles. The molecule has 2 heterocycles. The van der Waals surface area contributed by atoms with Crippen LogP contribution in [0, 0.1) is 31.6 Å². The number of hydrogen-bond acceptors (Lipinski definition) is 4. The molecule has 2 atom stereocenters. The van der Waals surface area contributed by atoms with Crippen molar-refractivity contribution in [3.05, 3.63) is 41.0 Å². The Kier molecular flexibility index (Phi) is 6.92. The lowest BCUT2D eigenvalue weighted by Crippen LogP contribution is -2.31. The summed E-state index contributed by atoms with van der Waals surface area (Å²) in [5, 5.41) is 12.7. The number of carbonyl (C=O) groups is 2. The second-order valence-electron chi connectivity index (χ2n) is 11.8. The molecule has 0 spiro atoms. The van der Waals surface area contributed by atoms with Crippen LogP contribution >= 0.6 is 0 Å². The predicted molar refractivity (Wildman–Crippen MR) is 141 cm³/mol. The summed E-state index contributed by atoms with van der Waals surface area (Å²) in [6.45, 7) is 11.3. The third kappa shape index (κ3) is 4.94. The third-order valence-electron chi connectivity index (χ3n) is 8.81. The van der Waals surface area contributed by atoms with Gasteiger partial charge in [-0.3, -0.25) is 9.59 Å². The number of carbonyl (C=O) groups excluding carboxylic acids is 2. The Morgan fingerprint density at radius 2 is 1.67 bits per heavy atom. The molecule has 0 bridgehead atoms. The van der Waals surface area contributed by atoms with Crippen LogP contribution in [0.5, 0.6) is 0 Å². The van der Waals surface area contributed by atoms with Crippen LogP contribution in [0.4, 0.5) is 5.69 Å². The van der Waals surface area contributed by atoms with Crippen molar-refractivity contribution in [1.29, 1.82) is 0 Å². The first kappa shape index (κ1) is 25.0. The summed E-state index contributed by atoms with van der Waals surface area (Å²) in [6, 6.07) is 6.49. The van der Waals surface area contributed by atoms with Crippen molar-refractivity contribution in [1.82, 2.24) is 19.7 Å². The first-order valence-corrected chi connectivity index (χ1v) is 13.8. The normalized spacial score (nSPS) is 26.4. The molecule has 1 aromatic heterocycles. The predicted octanol–water partition coefficient (Wildman–Crippen LogP) is 5.36. The fourth-order valence-corrected chi connectivity index (χ4v) is 6.37. The number of aryl methyl sites for hydroxylation is 2. The van der Waals surface area contributed by atoms with Gasteiger partial charge in [-0.2, -0.15) is 0 Å². The zero-order chi connectivity index (χ0) is 25.6. The third-order valence-corrected chi connectivity index (χ3v) is 8.81. The molecule has 36 heavy (non-hydrogen) atoms. The molecular weight excluding hydrogens is 450 g/mol. The SMILES string of the molecule is CC(=O)N1C[C@H](C(=O)Nc2ccc(C)cc2C)[C@@H](c2nnc([C@H]3CC[C@H](C(C)C)CC3)n2C2CC2)C1. The van der Waals surface area contributed by atoms with Gasteiger partial charge in [0.1, 0.15) is 11.6 Å². The monoisotopic (exact) mass is 491 g/mol. The number of rotatable bonds is 6. The number of anilines is 1. The van der Waals surface area contributed by atoms with Gasteiger partial charge in [-0.05, 0) is 75.8 Å². The minimum atomic E-state index is -0.346. The Balaban J connectivity index is 1.42. The maximum absolute atomic E-state index is 13.6. The molecule has 0 radical (unpaired) electrons. The summed E-state index contributed by atoms with van der Waals surface area (Å²) in [7, 11) is 0. The van der Waals surface area contributed by atoms with Crippen molar-refractivity contribution < 1.29 is 9.59 Å². The Bertz CT molecular complexity index is 1130. The van der Waals surface area contributed by atoms with Gasteiger partial charge >= 0.3 is 0 Å². The van der Waals surface area contributed by atoms with Gasteiger partial charge in [-0.15, -0.1) is 10.2 Å². The average molecular weight is 492 g/mol. The summed E-state index contributed by atoms with van der Waals surface area (Å²) in [4.78, 5) is 27.8. The highest BCUT2D eigenvalue weighted by molar-refractivity contribution is 5.94. The van der Waals surface area contributed by atoms with Crippen LogP contribution in [0.15, 0.2) is 18.2 Å². The van der Waals surface area contributed by atoms with Gasteiger partial charge in [0.15, 0.2) is 0 Å². The Morgan fingerprint density at radius 1 is 0.972 bits per heavy atom. The van der Waals surface area contributed by atoms with E-state index in [1.165, 1.54) is 18.4 Å². The highest BCUT2D eigenvalue weighted by atomic mass is 16.2. The fourth-order valence-electron chi connectivity index (χ4n) is 6.37. The molecule has 2 amide bonds. The van der Waals surface area contributed by atoms with Crippen molar-refractivity contribution in [2.45, 2.75) is 91.0 Å². The van der Waals surface area contributed by atoms with Crippen LogP contribution in [0.1, 0.15) is 99.9 Å². The highest BCUT2D eigenvalue weighted by Gasteiger charge is 2.45. The van der Waals surface area contributed by atoms with Crippen LogP contribution in [-0.2, 0) is 9.59 Å². The number of likely N-dealkylation sites (tertiary alicyclic amines) is 1. The first-order chi connectivity index (χ1) is 17.2. The van der Waals surface area contributed by atoms with Crippen molar-refractivity contribution in [3.8, 4) is 0 Å². The Hall–Kier alpha value is -2.70. The minimum Gasteiger partial charge on any atom is -0.341 e. The van der Waals surface area contributed by atoms with E-state index >= 15 is 0 Å². The molecule has 1 aliphatic heterocycles. The molecule has 0 unspecified atom stereocenters. The molecule has 2 aromatic rings. The first-order valence-electron chi connectivity index (χ1n) is 13.8. The van der Waals surface area contributed by atoms with Crippen LogP contribution in [0.3, 0.4) is 0 Å². The van der Waals surface area contributed by atoms with Gasteiger partial charge < -0.3 is 14.8 Å². The van der Waals surface area contributed by atoms with Gasteiger partial charge in [-0.1, -0.05) is 31.5 Å². The van der Waals surface area contributed by atoms with E-state index in [1.54, 1.807) is 11.8 Å². The molecule has 1 N–H and O–H groups in total. The number of benzene rings is 1. The summed E-state index contributed by atoms with van der Waals surface area (Å²) >= 11 is 0. The van der Waals surface area contributed by atoms with Crippen molar-refractivity contribution >= 4 is 17.5 Å². The molecule has 2 saturated carbocycles. The van der Waals surface area contributed by atoms with Crippen LogP contribution < -0.4 is 5.32 Å². The number of aromatic nitrogens is 3. The molecule has 2 aliphatic carbocycles. The quantitative estimate of drug-likeness (QED) is 0.590. The second kappa shape index (κ2) is 9.98. The lowest BCUT2D eigenvalue weighted by Gasteiger charge is -2.31. The molecule has 1 saturated heterocycles. The molecule has 7 nitrogen and oxygen atoms in total. The molecule has 194 valence electrons. The van der Waals surface area contributed by atoms with E-state index in [9.17, 15) is 9.59 Å². The maximum atomic E-state index is 13.6. The summed E-state index contributed by atoms with van der Waals surface area (Å²) in [6.07, 6.45) is 7.10. The van der Waals surface area contributed by atoms with E-state index in [0.29, 0.717) is 25.0 Å². The fraction of sp³-hybridized carbons (Fsp3) is 0.655. The maximum Gasteiger partial charge on any atom is 0.230 e. The Morgan fingerprint density at radius 3 is 2.28 bits per heavy atom. The van der Waals surface area contributed by atoms with E-state index in [1.807, 2.05) is 26.0 Å². The molecule has 3 fully saturated rings. The molecular formula is C29H41N5O2. The van der Waals surface area contributed by atoms with Crippen LogP contribution in [0.25, 0.3) is 0 Å². The zero-order valence-corrected chi connectivity index (χ0v) is 22.5. The van der Waals surface area contributed by atoms with E-state index in [2.05, 4.69) is 29.8 Å². The largest absolute Gasteiger partial charge is 0.341 e. The highest BCUT2D eigenvalue weighted by Crippen LogP contribution is 2.45. The second-order valence-corrected chi connectivity index (χ2v) is 11.8. The number of nitrogens with zero attached hydrogens (tertiary/aromatic N) is 4. The number of hydrogen-bond donors (Lipinski definition) is 1. The van der Waals surface area contributed by atoms with Crippen molar-refractivity contribution in [3.63, 3.8) is 0 Å². The summed E-state index contributed by atoms with van der Waals surface area (Å²) in [5.41, 5.74) is 3.04. The lowest BCUT2D eigenvalue weighted by atomic mass is 9.76. The summed E-state index contributed by atoms with van der Waals surface area (Å²) in [5.74, 6) is 3.47. The molecule has 3 aliphatic rings. The topological polar surface area (TPSA) is 80.1 Å². The average Bonchev–Trinajstić information content (AvgIpc) is 3.42. The summed E-state index contributed by atoms with van der Waals surface area (Å²) < 4.78 is 2.38. The lowest BCUT2D eigenvalue weighted by molar-refractivity contribution is -0.128. The van der Waals surface area contributed by atoms with Crippen molar-refractivity contribution in [2.24, 2.45) is 17.8 Å². The number of amides is 2. The van der Waals surface area contributed by atoms with Crippen molar-refractivity contribution in [2.75, 3.05) is 18.4 Å². The number of nitrogens with one attached hydrogen (secondary N) is 1. The van der Waals surface area contributed by atoms with Gasteiger partial charge in [0.05, 0.1) is 11.8 Å². The molecule has 7 heteroatoms. The van der Waals surface area contributed by atoms with Gasteiger partial charge in [0.2, 0.25) is 11.8 Å². The zero-order valence-electron chi connectivity index (χ0n) is 22.5. The van der Waals surface area contributed by atoms with E-state index in [-0.39, 0.29) is 23.7 Å². The van der Waals surface area contributed by atoms with Crippen LogP contribution in [0.2, 0.25) is 0 Å². The van der Waals surface area contributed by atoms with E-state index in [0.717, 1.165) is 60.4 Å². The minimum absolute atomic E-state index is 0.00605. The van der Waals surface area contributed by atoms with E-state index in [4.69, 9.17) is 10.2 Å². The molecule has 5 rings (SSSR count). The van der Waals surface area contributed by atoms with Crippen LogP contribution in [-0.4, -0.2) is 44.6 Å². The Labute approximate surface area is 215 Å². The van der Waals surface area contributed by atoms with Gasteiger partial charge in [-0.25, -0.2) is 0 Å². The smallest absolute Gasteiger partial charge is 0.230 e. The standard InChI is InChI=1S/C29H41N5O2/c1-17(2)21-7-9-22(10-8-21)27-31-32-28(34(27)23-11-12-23)24-15-33(20(5)35)16-25(24)29(36)30-26-13-6-18(3)14-19(26)4/h6,13-14,17,21-25H,7-12,15-16H2,1-5H3,(H,30,36)/t21-,22-,24-,25-/m0/s1. The van der Waals surface area contributed by atoms with Gasteiger partial charge in [0, 0.05) is 37.7 Å². The van der Waals surface area contributed by atoms with Gasteiger partial charge in [0.25, 0.3) is 0 Å². The van der Waals surface area contributed by atoms with E-state index < -0.39 is 0 Å².